The van der Waals surface area contributed by atoms with Crippen LogP contribution in [-0.2, 0) is 19.1 Å². The zero-order valence-corrected chi connectivity index (χ0v) is 8.19. The predicted octanol–water partition coefficient (Wildman–Crippen LogP) is -1.54. The van der Waals surface area contributed by atoms with E-state index >= 15 is 0 Å². The van der Waals surface area contributed by atoms with Crippen molar-refractivity contribution < 1.29 is 19.1 Å². The first kappa shape index (κ1) is 9.11. The highest BCUT2D eigenvalue weighted by atomic mass is 16.8. The lowest BCUT2D eigenvalue weighted by molar-refractivity contribution is -0.172. The van der Waals surface area contributed by atoms with Crippen molar-refractivity contribution in [3.63, 3.8) is 0 Å². The van der Waals surface area contributed by atoms with Gasteiger partial charge in [-0.05, 0) is 0 Å². The number of fused-ring (bicyclic) bond motifs is 1. The Hall–Kier alpha value is -1.14. The lowest BCUT2D eigenvalue weighted by Gasteiger charge is -2.28. The molecule has 0 aromatic rings. The van der Waals surface area contributed by atoms with Crippen molar-refractivity contribution in [1.82, 2.24) is 10.2 Å². The Morgan fingerprint density at radius 1 is 1.33 bits per heavy atom. The number of hydrogen-bond acceptors (Lipinski definition) is 6. The lowest BCUT2D eigenvalue weighted by Crippen LogP contribution is -2.47. The number of rotatable bonds is 0. The predicted molar refractivity (Wildman–Crippen MR) is 47.8 cm³/mol. The molecule has 3 aliphatic rings. The number of carbonyl (C=O) groups excluding carboxylic acids is 2. The fraction of sp³-hybridized carbons (Fsp3) is 0.778. The topological polar surface area (TPSA) is 67.9 Å². The molecular formula is C9H12N2O4. The minimum atomic E-state index is -0.995. The SMILES string of the molecule is O=C1OC2(CC3CNCCN3C2)OC1=O. The lowest BCUT2D eigenvalue weighted by atomic mass is 10.1. The molecule has 1 unspecified atom stereocenters. The van der Waals surface area contributed by atoms with Gasteiger partial charge in [0.1, 0.15) is 0 Å². The van der Waals surface area contributed by atoms with E-state index in [0.717, 1.165) is 19.6 Å². The highest BCUT2D eigenvalue weighted by Crippen LogP contribution is 2.35. The maximum Gasteiger partial charge on any atom is 0.420 e. The number of nitrogens with zero attached hydrogens (tertiary/aromatic N) is 1. The largest absolute Gasteiger partial charge is 0.420 e. The summed E-state index contributed by atoms with van der Waals surface area (Å²) in [5.41, 5.74) is 0. The number of ether oxygens (including phenoxy) is 2. The minimum absolute atomic E-state index is 0.303. The third kappa shape index (κ3) is 1.32. The average Bonchev–Trinajstić information content (AvgIpc) is 2.66. The fourth-order valence-electron chi connectivity index (χ4n) is 2.54. The first-order chi connectivity index (χ1) is 7.19. The number of hydrogen-bond donors (Lipinski definition) is 1. The molecule has 1 N–H and O–H groups in total. The highest BCUT2D eigenvalue weighted by molar-refractivity contribution is 6.31. The zero-order chi connectivity index (χ0) is 10.5. The Balaban J connectivity index is 1.79. The smallest absolute Gasteiger partial charge is 0.413 e. The molecule has 0 saturated carbocycles. The van der Waals surface area contributed by atoms with Crippen molar-refractivity contribution in [2.45, 2.75) is 18.2 Å². The first-order valence-electron chi connectivity index (χ1n) is 5.10. The monoisotopic (exact) mass is 212 g/mol. The molecule has 3 heterocycles. The molecular weight excluding hydrogens is 200 g/mol. The van der Waals surface area contributed by atoms with Crippen LogP contribution in [0, 0.1) is 0 Å². The van der Waals surface area contributed by atoms with Crippen LogP contribution in [0.1, 0.15) is 6.42 Å². The Labute approximate surface area is 86.5 Å². The van der Waals surface area contributed by atoms with E-state index < -0.39 is 17.7 Å². The van der Waals surface area contributed by atoms with Gasteiger partial charge in [0.15, 0.2) is 0 Å². The van der Waals surface area contributed by atoms with E-state index in [1.54, 1.807) is 0 Å². The molecule has 3 saturated heterocycles. The summed E-state index contributed by atoms with van der Waals surface area (Å²) in [5, 5.41) is 3.26. The van der Waals surface area contributed by atoms with Gasteiger partial charge in [-0.15, -0.1) is 0 Å². The van der Waals surface area contributed by atoms with Gasteiger partial charge in [-0.1, -0.05) is 0 Å². The molecule has 0 aromatic carbocycles. The van der Waals surface area contributed by atoms with Crippen molar-refractivity contribution in [2.75, 3.05) is 26.2 Å². The second-order valence-corrected chi connectivity index (χ2v) is 4.22. The van der Waals surface area contributed by atoms with Crippen molar-refractivity contribution in [2.24, 2.45) is 0 Å². The second-order valence-electron chi connectivity index (χ2n) is 4.22. The van der Waals surface area contributed by atoms with Crippen LogP contribution >= 0.6 is 0 Å². The van der Waals surface area contributed by atoms with Gasteiger partial charge in [0.2, 0.25) is 0 Å². The molecule has 3 rings (SSSR count). The van der Waals surface area contributed by atoms with E-state index in [-0.39, 0.29) is 0 Å². The maximum absolute atomic E-state index is 11.0. The summed E-state index contributed by atoms with van der Waals surface area (Å²) in [4.78, 5) is 24.2. The molecule has 0 amide bonds. The second kappa shape index (κ2) is 2.93. The third-order valence-electron chi connectivity index (χ3n) is 3.19. The molecule has 6 nitrogen and oxygen atoms in total. The molecule has 0 bridgehead atoms. The van der Waals surface area contributed by atoms with Crippen LogP contribution in [0.25, 0.3) is 0 Å². The average molecular weight is 212 g/mol. The fourth-order valence-corrected chi connectivity index (χ4v) is 2.54. The molecule has 1 atom stereocenters. The van der Waals surface area contributed by atoms with Crippen molar-refractivity contribution in [3.05, 3.63) is 0 Å². The number of esters is 2. The quantitative estimate of drug-likeness (QED) is 0.388. The van der Waals surface area contributed by atoms with Crippen LogP contribution < -0.4 is 5.32 Å². The summed E-state index contributed by atoms with van der Waals surface area (Å²) < 4.78 is 10.1. The summed E-state index contributed by atoms with van der Waals surface area (Å²) in [6.07, 6.45) is 0.581. The standard InChI is InChI=1S/C9H12N2O4/c12-7-8(13)15-9(14-7)3-6-4-10-1-2-11(6)5-9/h6,10H,1-5H2. The van der Waals surface area contributed by atoms with Crippen LogP contribution in [-0.4, -0.2) is 54.8 Å². The number of nitrogens with one attached hydrogen (secondary N) is 1. The molecule has 3 aliphatic heterocycles. The molecule has 15 heavy (non-hydrogen) atoms. The number of piperazine rings is 1. The van der Waals surface area contributed by atoms with Gasteiger partial charge < -0.3 is 14.8 Å². The minimum Gasteiger partial charge on any atom is -0.413 e. The molecule has 82 valence electrons. The van der Waals surface area contributed by atoms with E-state index in [4.69, 9.17) is 9.47 Å². The van der Waals surface area contributed by atoms with Crippen LogP contribution in [0.4, 0.5) is 0 Å². The molecule has 6 heteroatoms. The Morgan fingerprint density at radius 3 is 2.73 bits per heavy atom. The van der Waals surface area contributed by atoms with Gasteiger partial charge >= 0.3 is 11.9 Å². The maximum atomic E-state index is 11.0. The zero-order valence-electron chi connectivity index (χ0n) is 8.19. The van der Waals surface area contributed by atoms with Gasteiger partial charge in [-0.2, -0.15) is 0 Å². The summed E-state index contributed by atoms with van der Waals surface area (Å²) in [6.45, 7) is 3.20. The van der Waals surface area contributed by atoms with Crippen molar-refractivity contribution in [3.8, 4) is 0 Å². The molecule has 0 radical (unpaired) electrons. The van der Waals surface area contributed by atoms with E-state index in [1.807, 2.05) is 0 Å². The van der Waals surface area contributed by atoms with Crippen molar-refractivity contribution in [1.29, 1.82) is 0 Å². The van der Waals surface area contributed by atoms with E-state index in [2.05, 4.69) is 10.2 Å². The molecule has 0 aromatic heterocycles. The van der Waals surface area contributed by atoms with Gasteiger partial charge in [0.25, 0.3) is 5.79 Å². The van der Waals surface area contributed by atoms with E-state index in [1.165, 1.54) is 0 Å². The van der Waals surface area contributed by atoms with Gasteiger partial charge in [0, 0.05) is 32.1 Å². The Bertz CT molecular complexity index is 298. The molecule has 3 fully saturated rings. The molecule has 1 spiro atoms. The first-order valence-corrected chi connectivity index (χ1v) is 5.10. The molecule has 0 aliphatic carbocycles. The summed E-state index contributed by atoms with van der Waals surface area (Å²) in [5.74, 6) is -2.71. The third-order valence-corrected chi connectivity index (χ3v) is 3.19. The Kier molecular flexibility index (Phi) is 1.78. The normalized spacial score (nSPS) is 34.0. The van der Waals surface area contributed by atoms with Gasteiger partial charge in [-0.25, -0.2) is 9.59 Å². The summed E-state index contributed by atoms with van der Waals surface area (Å²) >= 11 is 0. The van der Waals surface area contributed by atoms with E-state index in [9.17, 15) is 9.59 Å². The van der Waals surface area contributed by atoms with E-state index in [0.29, 0.717) is 19.0 Å². The van der Waals surface area contributed by atoms with Gasteiger partial charge in [-0.3, -0.25) is 4.90 Å². The van der Waals surface area contributed by atoms with Crippen LogP contribution in [0.5, 0.6) is 0 Å². The summed E-state index contributed by atoms with van der Waals surface area (Å²) in [7, 11) is 0. The highest BCUT2D eigenvalue weighted by Gasteiger charge is 2.56. The number of carbonyl (C=O) groups is 2. The van der Waals surface area contributed by atoms with Crippen LogP contribution in [0.2, 0.25) is 0 Å². The van der Waals surface area contributed by atoms with Crippen molar-refractivity contribution >= 4 is 11.9 Å². The summed E-state index contributed by atoms with van der Waals surface area (Å²) in [6, 6.07) is 0.303. The van der Waals surface area contributed by atoms with Crippen LogP contribution in [0.3, 0.4) is 0 Å². The van der Waals surface area contributed by atoms with Gasteiger partial charge in [0.05, 0.1) is 6.54 Å². The van der Waals surface area contributed by atoms with Crippen LogP contribution in [0.15, 0.2) is 0 Å². The Morgan fingerprint density at radius 2 is 2.07 bits per heavy atom.